The number of halogens is 2. The van der Waals surface area contributed by atoms with Crippen molar-refractivity contribution in [1.29, 1.82) is 0 Å². The van der Waals surface area contributed by atoms with Crippen LogP contribution in [0.15, 0.2) is 46.0 Å². The molecule has 0 aliphatic rings. The lowest BCUT2D eigenvalue weighted by Gasteiger charge is -2.10. The van der Waals surface area contributed by atoms with Crippen LogP contribution in [0.3, 0.4) is 0 Å². The Morgan fingerprint density at radius 2 is 1.88 bits per heavy atom. The third kappa shape index (κ3) is 2.58. The summed E-state index contributed by atoms with van der Waals surface area (Å²) in [7, 11) is 0. The molecule has 24 heavy (non-hydrogen) atoms. The summed E-state index contributed by atoms with van der Waals surface area (Å²) in [6.45, 7) is -0.157. The summed E-state index contributed by atoms with van der Waals surface area (Å²) in [6.07, 6.45) is 0. The molecule has 8 heteroatoms. The van der Waals surface area contributed by atoms with Crippen LogP contribution in [0.1, 0.15) is 15.9 Å². The second-order valence-corrected chi connectivity index (χ2v) is 5.10. The fraction of sp³-hybridized carbons (Fsp3) is 0.0625. The summed E-state index contributed by atoms with van der Waals surface area (Å²) in [5.74, 6) is -3.14. The van der Waals surface area contributed by atoms with E-state index in [0.29, 0.717) is 5.56 Å². The van der Waals surface area contributed by atoms with Crippen LogP contribution in [0.2, 0.25) is 0 Å². The fourth-order valence-electron chi connectivity index (χ4n) is 2.47. The van der Waals surface area contributed by atoms with Gasteiger partial charge in [-0.15, -0.1) is 0 Å². The van der Waals surface area contributed by atoms with Crippen molar-refractivity contribution in [2.75, 3.05) is 0 Å². The number of nitrogens with one attached hydrogen (secondary N) is 1. The minimum absolute atomic E-state index is 0.0601. The first-order valence-electron chi connectivity index (χ1n) is 6.81. The molecule has 0 bridgehead atoms. The second kappa shape index (κ2) is 5.73. The average molecular weight is 332 g/mol. The largest absolute Gasteiger partial charge is 0.478 e. The molecule has 2 N–H and O–H groups in total. The molecule has 0 saturated carbocycles. The Hall–Kier alpha value is -3.29. The van der Waals surface area contributed by atoms with Crippen LogP contribution < -0.4 is 11.2 Å². The Balaban J connectivity index is 2.20. The minimum atomic E-state index is -1.45. The van der Waals surface area contributed by atoms with Crippen molar-refractivity contribution in [3.05, 3.63) is 80.0 Å². The Bertz CT molecular complexity index is 1090. The molecule has 0 atom stereocenters. The van der Waals surface area contributed by atoms with Gasteiger partial charge in [-0.1, -0.05) is 12.1 Å². The van der Waals surface area contributed by atoms with Crippen molar-refractivity contribution in [2.24, 2.45) is 0 Å². The maximum absolute atomic E-state index is 13.9. The van der Waals surface area contributed by atoms with E-state index in [1.165, 1.54) is 18.2 Å². The van der Waals surface area contributed by atoms with Crippen molar-refractivity contribution < 1.29 is 18.7 Å². The normalized spacial score (nSPS) is 10.9. The SMILES string of the molecule is O=C(O)c1cc(Cn2c(=O)[nH]c(=O)c3c(F)cccc32)ccc1F. The molecule has 0 unspecified atom stereocenters. The molecule has 3 aromatic rings. The highest BCUT2D eigenvalue weighted by atomic mass is 19.1. The lowest BCUT2D eigenvalue weighted by Crippen LogP contribution is -2.31. The molecule has 1 heterocycles. The first-order chi connectivity index (χ1) is 11.4. The van der Waals surface area contributed by atoms with Gasteiger partial charge in [0.25, 0.3) is 5.56 Å². The van der Waals surface area contributed by atoms with E-state index in [9.17, 15) is 23.2 Å². The van der Waals surface area contributed by atoms with Crippen molar-refractivity contribution >= 4 is 16.9 Å². The number of aromatic amines is 1. The maximum atomic E-state index is 13.9. The number of fused-ring (bicyclic) bond motifs is 1. The van der Waals surface area contributed by atoms with Crippen LogP contribution in [-0.2, 0) is 6.54 Å². The monoisotopic (exact) mass is 332 g/mol. The summed E-state index contributed by atoms with van der Waals surface area (Å²) in [5, 5.41) is 8.67. The Kier molecular flexibility index (Phi) is 3.72. The molecule has 0 aliphatic heterocycles. The number of hydrogen-bond donors (Lipinski definition) is 2. The number of carboxylic acid groups (broad SMARTS) is 1. The minimum Gasteiger partial charge on any atom is -0.478 e. The number of carbonyl (C=O) groups is 1. The van der Waals surface area contributed by atoms with Crippen LogP contribution in [0.5, 0.6) is 0 Å². The highest BCUT2D eigenvalue weighted by molar-refractivity contribution is 5.88. The highest BCUT2D eigenvalue weighted by Gasteiger charge is 2.14. The van der Waals surface area contributed by atoms with Gasteiger partial charge in [-0.25, -0.2) is 18.4 Å². The van der Waals surface area contributed by atoms with Gasteiger partial charge < -0.3 is 5.11 Å². The molecular weight excluding hydrogens is 322 g/mol. The molecule has 0 radical (unpaired) electrons. The third-order valence-electron chi connectivity index (χ3n) is 3.58. The predicted octanol–water partition coefficient (Wildman–Crippen LogP) is 1.71. The van der Waals surface area contributed by atoms with Crippen molar-refractivity contribution in [1.82, 2.24) is 9.55 Å². The third-order valence-corrected chi connectivity index (χ3v) is 3.58. The van der Waals surface area contributed by atoms with Crippen molar-refractivity contribution in [3.63, 3.8) is 0 Å². The summed E-state index contributed by atoms with van der Waals surface area (Å²) >= 11 is 0. The van der Waals surface area contributed by atoms with E-state index in [2.05, 4.69) is 0 Å². The number of rotatable bonds is 3. The number of aromatic nitrogens is 2. The first-order valence-corrected chi connectivity index (χ1v) is 6.81. The van der Waals surface area contributed by atoms with E-state index >= 15 is 0 Å². The lowest BCUT2D eigenvalue weighted by atomic mass is 10.1. The van der Waals surface area contributed by atoms with E-state index in [4.69, 9.17) is 5.11 Å². The summed E-state index contributed by atoms with van der Waals surface area (Å²) in [6, 6.07) is 7.20. The Labute approximate surface area is 132 Å². The zero-order chi connectivity index (χ0) is 17.4. The van der Waals surface area contributed by atoms with Crippen molar-refractivity contribution in [3.8, 4) is 0 Å². The van der Waals surface area contributed by atoms with Gasteiger partial charge in [0.2, 0.25) is 0 Å². The number of benzene rings is 2. The van der Waals surface area contributed by atoms with Crippen LogP contribution in [-0.4, -0.2) is 20.6 Å². The molecule has 0 fully saturated rings. The molecular formula is C16H10F2N2O4. The number of carboxylic acids is 1. The standard InChI is InChI=1S/C16H10F2N2O4/c17-10-5-4-8(6-9(10)15(22)23)7-20-12-3-1-2-11(18)13(12)14(21)19-16(20)24/h1-6H,7H2,(H,22,23)(H,19,21,24). The maximum Gasteiger partial charge on any atom is 0.338 e. The van der Waals surface area contributed by atoms with Gasteiger partial charge in [-0.2, -0.15) is 0 Å². The van der Waals surface area contributed by atoms with E-state index in [1.807, 2.05) is 4.98 Å². The van der Waals surface area contributed by atoms with E-state index in [-0.39, 0.29) is 17.4 Å². The molecule has 122 valence electrons. The van der Waals surface area contributed by atoms with Gasteiger partial charge in [0, 0.05) is 0 Å². The predicted molar refractivity (Wildman–Crippen MR) is 81.2 cm³/mol. The van der Waals surface area contributed by atoms with Crippen LogP contribution >= 0.6 is 0 Å². The molecule has 0 aliphatic carbocycles. The highest BCUT2D eigenvalue weighted by Crippen LogP contribution is 2.15. The van der Waals surface area contributed by atoms with E-state index in [1.54, 1.807) is 0 Å². The summed E-state index contributed by atoms with van der Waals surface area (Å²) in [5.41, 5.74) is -1.80. The number of hydrogen-bond acceptors (Lipinski definition) is 3. The van der Waals surface area contributed by atoms with Gasteiger partial charge in [0.1, 0.15) is 11.6 Å². The van der Waals surface area contributed by atoms with Crippen LogP contribution in [0.25, 0.3) is 10.9 Å². The van der Waals surface area contributed by atoms with E-state index < -0.39 is 34.4 Å². The van der Waals surface area contributed by atoms with Gasteiger partial charge in [-0.05, 0) is 29.8 Å². The number of aromatic carboxylic acids is 1. The number of H-pyrrole nitrogens is 1. The number of nitrogens with zero attached hydrogens (tertiary/aromatic N) is 1. The second-order valence-electron chi connectivity index (χ2n) is 5.10. The Morgan fingerprint density at radius 3 is 2.58 bits per heavy atom. The lowest BCUT2D eigenvalue weighted by molar-refractivity contribution is 0.0691. The van der Waals surface area contributed by atoms with Crippen molar-refractivity contribution in [2.45, 2.75) is 6.54 Å². The molecule has 0 spiro atoms. The molecule has 0 amide bonds. The molecule has 2 aromatic carbocycles. The van der Waals surface area contributed by atoms with Crippen LogP contribution in [0, 0.1) is 11.6 Å². The molecule has 0 saturated heterocycles. The molecule has 6 nitrogen and oxygen atoms in total. The molecule has 3 rings (SSSR count). The quantitative estimate of drug-likeness (QED) is 0.764. The smallest absolute Gasteiger partial charge is 0.338 e. The van der Waals surface area contributed by atoms with Crippen LogP contribution in [0.4, 0.5) is 8.78 Å². The first kappa shape index (κ1) is 15.6. The van der Waals surface area contributed by atoms with Gasteiger partial charge in [0.05, 0.1) is 23.0 Å². The summed E-state index contributed by atoms with van der Waals surface area (Å²) in [4.78, 5) is 36.8. The van der Waals surface area contributed by atoms with E-state index in [0.717, 1.165) is 22.8 Å². The topological polar surface area (TPSA) is 92.2 Å². The van der Waals surface area contributed by atoms with Gasteiger partial charge in [0.15, 0.2) is 0 Å². The molecule has 1 aromatic heterocycles. The zero-order valence-corrected chi connectivity index (χ0v) is 12.0. The van der Waals surface area contributed by atoms with Gasteiger partial charge in [-0.3, -0.25) is 14.3 Å². The zero-order valence-electron chi connectivity index (χ0n) is 12.0. The Morgan fingerprint density at radius 1 is 1.12 bits per heavy atom. The average Bonchev–Trinajstić information content (AvgIpc) is 2.52. The van der Waals surface area contributed by atoms with Gasteiger partial charge >= 0.3 is 11.7 Å². The summed E-state index contributed by atoms with van der Waals surface area (Å²) < 4.78 is 28.4. The fourth-order valence-corrected chi connectivity index (χ4v) is 2.47.